The third-order valence-electron chi connectivity index (χ3n) is 3.79. The Bertz CT molecular complexity index is 686. The molecule has 0 radical (unpaired) electrons. The highest BCUT2D eigenvalue weighted by Crippen LogP contribution is 2.22. The van der Waals surface area contributed by atoms with Gasteiger partial charge in [-0.3, -0.25) is 4.79 Å². The summed E-state index contributed by atoms with van der Waals surface area (Å²) < 4.78 is 11.8. The van der Waals surface area contributed by atoms with Crippen molar-refractivity contribution < 1.29 is 14.3 Å². The maximum Gasteiger partial charge on any atom is 0.255 e. The summed E-state index contributed by atoms with van der Waals surface area (Å²) in [5.74, 6) is 1.44. The van der Waals surface area contributed by atoms with Gasteiger partial charge in [0.25, 0.3) is 5.91 Å². The molecule has 0 aliphatic heterocycles. The van der Waals surface area contributed by atoms with E-state index in [-0.39, 0.29) is 5.91 Å². The summed E-state index contributed by atoms with van der Waals surface area (Å²) in [4.78, 5) is 12.3. The topological polar surface area (TPSA) is 47.6 Å². The van der Waals surface area contributed by atoms with E-state index in [0.717, 1.165) is 33.8 Å². The molecule has 2 rings (SSSR count). The molecule has 4 nitrogen and oxygen atoms in total. The molecule has 0 saturated heterocycles. The van der Waals surface area contributed by atoms with Crippen LogP contribution >= 0.6 is 22.6 Å². The van der Waals surface area contributed by atoms with Gasteiger partial charge in [0.15, 0.2) is 0 Å². The molecule has 0 aliphatic carbocycles. The molecule has 25 heavy (non-hydrogen) atoms. The predicted molar refractivity (Wildman–Crippen MR) is 110 cm³/mol. The first-order valence-electron chi connectivity index (χ1n) is 8.51. The van der Waals surface area contributed by atoms with Crippen molar-refractivity contribution in [3.8, 4) is 11.5 Å². The monoisotopic (exact) mass is 453 g/mol. The lowest BCUT2D eigenvalue weighted by Gasteiger charge is -2.09. The van der Waals surface area contributed by atoms with E-state index in [1.807, 2.05) is 30.3 Å². The molecule has 0 bridgehead atoms. The molecular formula is C20H24INO3. The summed E-state index contributed by atoms with van der Waals surface area (Å²) in [5, 5.41) is 2.90. The van der Waals surface area contributed by atoms with Gasteiger partial charge in [0.1, 0.15) is 11.5 Å². The van der Waals surface area contributed by atoms with E-state index < -0.39 is 0 Å². The highest BCUT2D eigenvalue weighted by atomic mass is 127. The standard InChI is InChI=1S/C20H24INO3/c1-3-4-5-6-13-25-17-10-8-16(9-11-17)22-20(23)15-7-12-19(24-2)18(21)14-15/h7-12,14H,3-6,13H2,1-2H3,(H,22,23). The zero-order valence-electron chi connectivity index (χ0n) is 14.7. The quantitative estimate of drug-likeness (QED) is 0.402. The van der Waals surface area contributed by atoms with E-state index in [1.54, 1.807) is 19.2 Å². The van der Waals surface area contributed by atoms with Crippen LogP contribution in [0.5, 0.6) is 11.5 Å². The first-order valence-corrected chi connectivity index (χ1v) is 9.59. The number of methoxy groups -OCH3 is 1. The number of nitrogens with one attached hydrogen (secondary N) is 1. The van der Waals surface area contributed by atoms with E-state index in [2.05, 4.69) is 34.8 Å². The maximum atomic E-state index is 12.3. The zero-order valence-corrected chi connectivity index (χ0v) is 16.8. The second kappa shape index (κ2) is 10.3. The van der Waals surface area contributed by atoms with Crippen LogP contribution in [0.15, 0.2) is 42.5 Å². The van der Waals surface area contributed by atoms with Crippen LogP contribution in [0.3, 0.4) is 0 Å². The molecule has 0 heterocycles. The predicted octanol–water partition coefficient (Wildman–Crippen LogP) is 5.51. The number of amides is 1. The molecule has 5 heteroatoms. The molecule has 0 fully saturated rings. The lowest BCUT2D eigenvalue weighted by atomic mass is 10.2. The van der Waals surface area contributed by atoms with Gasteiger partial charge in [0, 0.05) is 11.3 Å². The average molecular weight is 453 g/mol. The number of rotatable bonds is 9. The van der Waals surface area contributed by atoms with Crippen molar-refractivity contribution in [1.82, 2.24) is 0 Å². The molecule has 1 N–H and O–H groups in total. The summed E-state index contributed by atoms with van der Waals surface area (Å²) in [6.45, 7) is 2.93. The van der Waals surface area contributed by atoms with Crippen molar-refractivity contribution in [2.45, 2.75) is 32.6 Å². The SMILES string of the molecule is CCCCCCOc1ccc(NC(=O)c2ccc(OC)c(I)c2)cc1. The number of carbonyl (C=O) groups is 1. The average Bonchev–Trinajstić information content (AvgIpc) is 2.62. The van der Waals surface area contributed by atoms with E-state index >= 15 is 0 Å². The molecule has 2 aromatic carbocycles. The Labute approximate surface area is 163 Å². The van der Waals surface area contributed by atoms with Gasteiger partial charge in [-0.1, -0.05) is 26.2 Å². The van der Waals surface area contributed by atoms with E-state index in [0.29, 0.717) is 5.56 Å². The number of carbonyl (C=O) groups excluding carboxylic acids is 1. The number of halogens is 1. The molecule has 0 aromatic heterocycles. The number of ether oxygens (including phenoxy) is 2. The van der Waals surface area contributed by atoms with Gasteiger partial charge in [-0.15, -0.1) is 0 Å². The third kappa shape index (κ3) is 6.23. The fourth-order valence-corrected chi connectivity index (χ4v) is 3.10. The van der Waals surface area contributed by atoms with Gasteiger partial charge in [0.05, 0.1) is 17.3 Å². The zero-order chi connectivity index (χ0) is 18.1. The van der Waals surface area contributed by atoms with Gasteiger partial charge in [-0.05, 0) is 71.5 Å². The number of unbranched alkanes of at least 4 members (excludes halogenated alkanes) is 3. The highest BCUT2D eigenvalue weighted by molar-refractivity contribution is 14.1. The normalized spacial score (nSPS) is 10.4. The van der Waals surface area contributed by atoms with Crippen molar-refractivity contribution in [1.29, 1.82) is 0 Å². The fraction of sp³-hybridized carbons (Fsp3) is 0.350. The minimum absolute atomic E-state index is 0.145. The Hall–Kier alpha value is -1.76. The lowest BCUT2D eigenvalue weighted by Crippen LogP contribution is -2.12. The minimum Gasteiger partial charge on any atom is -0.496 e. The largest absolute Gasteiger partial charge is 0.496 e. The van der Waals surface area contributed by atoms with Crippen LogP contribution in [0.1, 0.15) is 43.0 Å². The first-order chi connectivity index (χ1) is 12.1. The molecule has 0 aliphatic rings. The molecule has 0 unspecified atom stereocenters. The van der Waals surface area contributed by atoms with Crippen molar-refractivity contribution >= 4 is 34.2 Å². The fourth-order valence-electron chi connectivity index (χ4n) is 2.36. The third-order valence-corrected chi connectivity index (χ3v) is 4.64. The molecule has 0 atom stereocenters. The van der Waals surface area contributed by atoms with Gasteiger partial charge in [-0.25, -0.2) is 0 Å². The Morgan fingerprint density at radius 2 is 1.84 bits per heavy atom. The number of hydrogen-bond donors (Lipinski definition) is 1. The van der Waals surface area contributed by atoms with E-state index in [4.69, 9.17) is 9.47 Å². The summed E-state index contributed by atoms with van der Waals surface area (Å²) in [6, 6.07) is 12.8. The van der Waals surface area contributed by atoms with Crippen LogP contribution in [0.25, 0.3) is 0 Å². The van der Waals surface area contributed by atoms with Gasteiger partial charge in [0.2, 0.25) is 0 Å². The van der Waals surface area contributed by atoms with Crippen LogP contribution in [0.2, 0.25) is 0 Å². The molecule has 0 spiro atoms. The van der Waals surface area contributed by atoms with Gasteiger partial charge in [-0.2, -0.15) is 0 Å². The van der Waals surface area contributed by atoms with Crippen LogP contribution in [0.4, 0.5) is 5.69 Å². The highest BCUT2D eigenvalue weighted by Gasteiger charge is 2.09. The number of benzene rings is 2. The maximum absolute atomic E-state index is 12.3. The van der Waals surface area contributed by atoms with E-state index in [1.165, 1.54) is 19.3 Å². The van der Waals surface area contributed by atoms with Crippen molar-refractivity contribution in [2.24, 2.45) is 0 Å². The minimum atomic E-state index is -0.145. The summed E-state index contributed by atoms with van der Waals surface area (Å²) in [6.07, 6.45) is 4.74. The molecular weight excluding hydrogens is 429 g/mol. The molecule has 134 valence electrons. The van der Waals surface area contributed by atoms with Crippen molar-refractivity contribution in [3.63, 3.8) is 0 Å². The van der Waals surface area contributed by atoms with Crippen LogP contribution in [-0.2, 0) is 0 Å². The Kier molecular flexibility index (Phi) is 8.04. The summed E-state index contributed by atoms with van der Waals surface area (Å²) in [7, 11) is 1.62. The summed E-state index contributed by atoms with van der Waals surface area (Å²) in [5.41, 5.74) is 1.34. The van der Waals surface area contributed by atoms with Gasteiger partial charge < -0.3 is 14.8 Å². The van der Waals surface area contributed by atoms with Gasteiger partial charge >= 0.3 is 0 Å². The van der Waals surface area contributed by atoms with Crippen LogP contribution < -0.4 is 14.8 Å². The van der Waals surface area contributed by atoms with Crippen molar-refractivity contribution in [2.75, 3.05) is 19.0 Å². The second-order valence-corrected chi connectivity index (χ2v) is 6.90. The Balaban J connectivity index is 1.87. The Morgan fingerprint density at radius 3 is 2.48 bits per heavy atom. The lowest BCUT2D eigenvalue weighted by molar-refractivity contribution is 0.102. The first kappa shape index (κ1) is 19.6. The molecule has 1 amide bonds. The Morgan fingerprint density at radius 1 is 1.08 bits per heavy atom. The van der Waals surface area contributed by atoms with Crippen molar-refractivity contribution in [3.05, 3.63) is 51.6 Å². The summed E-state index contributed by atoms with van der Waals surface area (Å²) >= 11 is 2.15. The second-order valence-electron chi connectivity index (χ2n) is 5.74. The number of hydrogen-bond acceptors (Lipinski definition) is 3. The molecule has 0 saturated carbocycles. The molecule has 2 aromatic rings. The smallest absolute Gasteiger partial charge is 0.255 e. The van der Waals surface area contributed by atoms with Crippen LogP contribution in [-0.4, -0.2) is 19.6 Å². The van der Waals surface area contributed by atoms with Crippen LogP contribution in [0, 0.1) is 3.57 Å². The number of anilines is 1. The van der Waals surface area contributed by atoms with E-state index in [9.17, 15) is 4.79 Å².